The third-order valence-electron chi connectivity index (χ3n) is 2.91. The molecule has 3 nitrogen and oxygen atoms in total. The molecule has 1 aromatic heterocycles. The number of benzene rings is 1. The smallest absolute Gasteiger partial charge is 0.152 e. The highest BCUT2D eigenvalue weighted by Gasteiger charge is 2.25. The molecular formula is C12H11NO2. The Bertz CT molecular complexity index is 538. The Morgan fingerprint density at radius 2 is 2.20 bits per heavy atom. The predicted molar refractivity (Wildman–Crippen MR) is 57.3 cm³/mol. The number of hydrogen-bond donors (Lipinski definition) is 1. The lowest BCUT2D eigenvalue weighted by Crippen LogP contribution is -1.89. The average Bonchev–Trinajstić information content (AvgIpc) is 3.01. The monoisotopic (exact) mass is 201 g/mol. The van der Waals surface area contributed by atoms with Crippen LogP contribution in [0.2, 0.25) is 0 Å². The number of carbonyl (C=O) groups is 1. The standard InChI is InChI=1S/C12H11NO2/c14-7-8-6-13(9-1-2-9)12-4-3-10(15)5-11(8)12/h3-7,9,15H,1-2H2. The van der Waals surface area contributed by atoms with Crippen LogP contribution in [0.5, 0.6) is 5.75 Å². The van der Waals surface area contributed by atoms with Crippen LogP contribution in [0.4, 0.5) is 0 Å². The molecule has 0 aliphatic heterocycles. The molecule has 1 aromatic carbocycles. The number of phenols is 1. The average molecular weight is 201 g/mol. The minimum Gasteiger partial charge on any atom is -0.508 e. The number of rotatable bonds is 2. The summed E-state index contributed by atoms with van der Waals surface area (Å²) in [6.07, 6.45) is 5.10. The van der Waals surface area contributed by atoms with Gasteiger partial charge in [-0.15, -0.1) is 0 Å². The van der Waals surface area contributed by atoms with E-state index in [1.54, 1.807) is 12.1 Å². The van der Waals surface area contributed by atoms with Crippen LogP contribution in [-0.2, 0) is 0 Å². The molecule has 3 rings (SSSR count). The second-order valence-electron chi connectivity index (χ2n) is 4.04. The van der Waals surface area contributed by atoms with E-state index in [1.165, 1.54) is 12.8 Å². The van der Waals surface area contributed by atoms with Crippen molar-refractivity contribution in [3.63, 3.8) is 0 Å². The van der Waals surface area contributed by atoms with Gasteiger partial charge in [-0.1, -0.05) is 0 Å². The fourth-order valence-electron chi connectivity index (χ4n) is 2.02. The third kappa shape index (κ3) is 1.23. The van der Waals surface area contributed by atoms with E-state index in [0.717, 1.165) is 17.2 Å². The minimum absolute atomic E-state index is 0.208. The lowest BCUT2D eigenvalue weighted by molar-refractivity contribution is 0.112. The van der Waals surface area contributed by atoms with Crippen LogP contribution in [0.15, 0.2) is 24.4 Å². The van der Waals surface area contributed by atoms with Gasteiger partial charge in [-0.3, -0.25) is 4.79 Å². The van der Waals surface area contributed by atoms with Crippen LogP contribution in [-0.4, -0.2) is 16.0 Å². The Kier molecular flexibility index (Phi) is 1.63. The van der Waals surface area contributed by atoms with Crippen LogP contribution < -0.4 is 0 Å². The number of phenolic OH excluding ortho intramolecular Hbond substituents is 1. The number of nitrogens with zero attached hydrogens (tertiary/aromatic N) is 1. The van der Waals surface area contributed by atoms with Crippen LogP contribution >= 0.6 is 0 Å². The minimum atomic E-state index is 0.208. The van der Waals surface area contributed by atoms with Crippen molar-refractivity contribution in [2.24, 2.45) is 0 Å². The van der Waals surface area contributed by atoms with Gasteiger partial charge in [0.1, 0.15) is 5.75 Å². The van der Waals surface area contributed by atoms with E-state index < -0.39 is 0 Å². The zero-order chi connectivity index (χ0) is 10.4. The highest BCUT2D eigenvalue weighted by Crippen LogP contribution is 2.39. The van der Waals surface area contributed by atoms with Crippen LogP contribution in [0, 0.1) is 0 Å². The summed E-state index contributed by atoms with van der Waals surface area (Å²) >= 11 is 0. The SMILES string of the molecule is O=Cc1cn(C2CC2)c2ccc(O)cc12. The fraction of sp³-hybridized carbons (Fsp3) is 0.250. The van der Waals surface area contributed by atoms with Crippen molar-refractivity contribution in [1.82, 2.24) is 4.57 Å². The molecule has 0 bridgehead atoms. The summed E-state index contributed by atoms with van der Waals surface area (Å²) in [6, 6.07) is 5.73. The van der Waals surface area contributed by atoms with Gasteiger partial charge in [0.15, 0.2) is 6.29 Å². The molecule has 1 aliphatic rings. The number of hydrogen-bond acceptors (Lipinski definition) is 2. The van der Waals surface area contributed by atoms with Crippen LogP contribution in [0.25, 0.3) is 10.9 Å². The van der Waals surface area contributed by atoms with Gasteiger partial charge in [-0.05, 0) is 31.0 Å². The maximum atomic E-state index is 10.9. The number of fused-ring (bicyclic) bond motifs is 1. The molecule has 1 fully saturated rings. The van der Waals surface area contributed by atoms with Gasteiger partial charge in [0.2, 0.25) is 0 Å². The van der Waals surface area contributed by atoms with E-state index in [0.29, 0.717) is 11.6 Å². The molecule has 0 radical (unpaired) electrons. The highest BCUT2D eigenvalue weighted by atomic mass is 16.3. The van der Waals surface area contributed by atoms with Gasteiger partial charge in [0, 0.05) is 28.7 Å². The summed E-state index contributed by atoms with van der Waals surface area (Å²) in [6.45, 7) is 0. The fourth-order valence-corrected chi connectivity index (χ4v) is 2.02. The zero-order valence-corrected chi connectivity index (χ0v) is 8.18. The Labute approximate surface area is 86.9 Å². The van der Waals surface area contributed by atoms with Crippen molar-refractivity contribution in [2.45, 2.75) is 18.9 Å². The first kappa shape index (κ1) is 8.53. The van der Waals surface area contributed by atoms with Crippen LogP contribution in [0.1, 0.15) is 29.2 Å². The summed E-state index contributed by atoms with van der Waals surface area (Å²) in [7, 11) is 0. The maximum Gasteiger partial charge on any atom is 0.152 e. The van der Waals surface area contributed by atoms with Gasteiger partial charge in [-0.25, -0.2) is 0 Å². The highest BCUT2D eigenvalue weighted by molar-refractivity contribution is 5.98. The Balaban J connectivity index is 2.33. The number of aromatic nitrogens is 1. The normalized spacial score (nSPS) is 15.7. The molecule has 0 unspecified atom stereocenters. The molecule has 0 saturated heterocycles. The van der Waals surface area contributed by atoms with Crippen molar-refractivity contribution < 1.29 is 9.90 Å². The molecule has 0 amide bonds. The van der Waals surface area contributed by atoms with E-state index in [4.69, 9.17) is 0 Å². The van der Waals surface area contributed by atoms with Crippen molar-refractivity contribution in [3.05, 3.63) is 30.0 Å². The number of aromatic hydroxyl groups is 1. The topological polar surface area (TPSA) is 42.2 Å². The molecule has 2 aromatic rings. The van der Waals surface area contributed by atoms with Crippen molar-refractivity contribution in [1.29, 1.82) is 0 Å². The van der Waals surface area contributed by atoms with E-state index in [-0.39, 0.29) is 5.75 Å². The first-order valence-electron chi connectivity index (χ1n) is 5.08. The maximum absolute atomic E-state index is 10.9. The quantitative estimate of drug-likeness (QED) is 0.758. The molecule has 1 saturated carbocycles. The lowest BCUT2D eigenvalue weighted by atomic mass is 10.2. The second kappa shape index (κ2) is 2.86. The van der Waals surface area contributed by atoms with Crippen molar-refractivity contribution in [2.75, 3.05) is 0 Å². The van der Waals surface area contributed by atoms with E-state index in [9.17, 15) is 9.90 Å². The van der Waals surface area contributed by atoms with E-state index in [1.807, 2.05) is 12.3 Å². The van der Waals surface area contributed by atoms with E-state index >= 15 is 0 Å². The third-order valence-corrected chi connectivity index (χ3v) is 2.91. The first-order chi connectivity index (χ1) is 7.29. The Morgan fingerprint density at radius 3 is 2.87 bits per heavy atom. The van der Waals surface area contributed by atoms with Crippen molar-refractivity contribution >= 4 is 17.2 Å². The molecule has 1 N–H and O–H groups in total. The van der Waals surface area contributed by atoms with Gasteiger partial charge in [-0.2, -0.15) is 0 Å². The molecule has 76 valence electrons. The number of aldehydes is 1. The summed E-state index contributed by atoms with van der Waals surface area (Å²) in [5.74, 6) is 0.208. The van der Waals surface area contributed by atoms with Gasteiger partial charge >= 0.3 is 0 Å². The van der Waals surface area contributed by atoms with Gasteiger partial charge in [0.25, 0.3) is 0 Å². The second-order valence-corrected chi connectivity index (χ2v) is 4.04. The molecule has 1 aliphatic carbocycles. The Hall–Kier alpha value is -1.77. The summed E-state index contributed by atoms with van der Waals surface area (Å²) in [4.78, 5) is 10.9. The molecule has 15 heavy (non-hydrogen) atoms. The molecule has 1 heterocycles. The molecular weight excluding hydrogens is 190 g/mol. The predicted octanol–water partition coefficient (Wildman–Crippen LogP) is 2.49. The lowest BCUT2D eigenvalue weighted by Gasteiger charge is -2.01. The molecule has 0 spiro atoms. The Morgan fingerprint density at radius 1 is 1.40 bits per heavy atom. The number of carbonyl (C=O) groups excluding carboxylic acids is 1. The summed E-state index contributed by atoms with van der Waals surface area (Å²) in [5, 5.41) is 10.2. The van der Waals surface area contributed by atoms with E-state index in [2.05, 4.69) is 4.57 Å². The zero-order valence-electron chi connectivity index (χ0n) is 8.18. The molecule has 0 atom stereocenters. The summed E-state index contributed by atoms with van der Waals surface area (Å²) in [5.41, 5.74) is 1.70. The molecule has 3 heteroatoms. The first-order valence-corrected chi connectivity index (χ1v) is 5.08. The van der Waals surface area contributed by atoms with Gasteiger partial charge < -0.3 is 9.67 Å². The summed E-state index contributed by atoms with van der Waals surface area (Å²) < 4.78 is 2.14. The van der Waals surface area contributed by atoms with Crippen LogP contribution in [0.3, 0.4) is 0 Å². The van der Waals surface area contributed by atoms with Crippen molar-refractivity contribution in [3.8, 4) is 5.75 Å². The van der Waals surface area contributed by atoms with Gasteiger partial charge in [0.05, 0.1) is 0 Å². The largest absolute Gasteiger partial charge is 0.508 e.